The minimum atomic E-state index is 0.139. The number of halogens is 1. The Labute approximate surface area is 133 Å². The number of hydrogen-bond donors (Lipinski definition) is 0. The van der Waals surface area contributed by atoms with Crippen molar-refractivity contribution in [3.05, 3.63) is 69.7 Å². The van der Waals surface area contributed by atoms with Crippen molar-refractivity contribution >= 4 is 21.8 Å². The van der Waals surface area contributed by atoms with Gasteiger partial charge in [-0.25, -0.2) is 0 Å². The smallest absolute Gasteiger partial charge is 0.254 e. The van der Waals surface area contributed by atoms with Gasteiger partial charge in [0.05, 0.1) is 0 Å². The number of aryl methyl sites for hydroxylation is 1. The molecule has 0 aromatic heterocycles. The van der Waals surface area contributed by atoms with Crippen LogP contribution in [0.1, 0.15) is 34.3 Å². The molecule has 0 heterocycles. The second-order valence-electron chi connectivity index (χ2n) is 5.61. The molecule has 1 fully saturated rings. The Morgan fingerprint density at radius 2 is 1.90 bits per heavy atom. The highest BCUT2D eigenvalue weighted by atomic mass is 79.9. The van der Waals surface area contributed by atoms with Gasteiger partial charge in [0.15, 0.2) is 0 Å². The Morgan fingerprint density at radius 3 is 2.57 bits per heavy atom. The van der Waals surface area contributed by atoms with Gasteiger partial charge in [-0.1, -0.05) is 52.3 Å². The predicted octanol–water partition coefficient (Wildman–Crippen LogP) is 4.56. The molecule has 0 spiro atoms. The van der Waals surface area contributed by atoms with Crippen molar-refractivity contribution in [2.45, 2.75) is 32.4 Å². The number of amides is 1. The van der Waals surface area contributed by atoms with Gasteiger partial charge >= 0.3 is 0 Å². The maximum absolute atomic E-state index is 12.9. The molecule has 1 saturated carbocycles. The van der Waals surface area contributed by atoms with E-state index in [-0.39, 0.29) is 5.91 Å². The van der Waals surface area contributed by atoms with Crippen LogP contribution in [-0.4, -0.2) is 16.8 Å². The minimum Gasteiger partial charge on any atom is -0.331 e. The van der Waals surface area contributed by atoms with E-state index in [1.807, 2.05) is 48.2 Å². The van der Waals surface area contributed by atoms with Crippen LogP contribution in [-0.2, 0) is 6.54 Å². The highest BCUT2D eigenvalue weighted by Gasteiger charge is 2.33. The summed E-state index contributed by atoms with van der Waals surface area (Å²) in [5.41, 5.74) is 3.01. The summed E-state index contributed by atoms with van der Waals surface area (Å²) in [6, 6.07) is 16.5. The third kappa shape index (κ3) is 3.35. The third-order valence-corrected chi connectivity index (χ3v) is 4.37. The summed E-state index contributed by atoms with van der Waals surface area (Å²) in [7, 11) is 0. The molecule has 0 saturated heterocycles. The molecule has 0 unspecified atom stereocenters. The SMILES string of the molecule is Cc1ccc(Br)cc1C(=O)N(Cc1ccccc1)C1CC1. The molecule has 3 heteroatoms. The summed E-state index contributed by atoms with van der Waals surface area (Å²) in [4.78, 5) is 14.9. The van der Waals surface area contributed by atoms with Crippen LogP contribution in [0.15, 0.2) is 53.0 Å². The average molecular weight is 344 g/mol. The minimum absolute atomic E-state index is 0.139. The Balaban J connectivity index is 1.87. The summed E-state index contributed by atoms with van der Waals surface area (Å²) in [6.07, 6.45) is 2.23. The molecule has 2 aromatic rings. The highest BCUT2D eigenvalue weighted by molar-refractivity contribution is 9.10. The van der Waals surface area contributed by atoms with E-state index >= 15 is 0 Å². The van der Waals surface area contributed by atoms with Crippen molar-refractivity contribution < 1.29 is 4.79 Å². The van der Waals surface area contributed by atoms with E-state index < -0.39 is 0 Å². The summed E-state index contributed by atoms with van der Waals surface area (Å²) >= 11 is 3.46. The third-order valence-electron chi connectivity index (χ3n) is 3.87. The first-order valence-corrected chi connectivity index (χ1v) is 8.05. The standard InChI is InChI=1S/C18H18BrNO/c1-13-7-8-15(19)11-17(13)18(21)20(16-9-10-16)12-14-5-3-2-4-6-14/h2-8,11,16H,9-10,12H2,1H3. The van der Waals surface area contributed by atoms with Crippen LogP contribution in [0.3, 0.4) is 0 Å². The van der Waals surface area contributed by atoms with Gasteiger partial charge < -0.3 is 4.90 Å². The van der Waals surface area contributed by atoms with Gasteiger partial charge in [-0.05, 0) is 43.0 Å². The quantitative estimate of drug-likeness (QED) is 0.796. The Kier molecular flexibility index (Phi) is 4.11. The first-order chi connectivity index (χ1) is 10.1. The molecule has 0 bridgehead atoms. The second kappa shape index (κ2) is 6.02. The molecular weight excluding hydrogens is 326 g/mol. The molecule has 108 valence electrons. The van der Waals surface area contributed by atoms with Crippen LogP contribution < -0.4 is 0 Å². The number of carbonyl (C=O) groups is 1. The zero-order valence-corrected chi connectivity index (χ0v) is 13.6. The maximum Gasteiger partial charge on any atom is 0.254 e. The van der Waals surface area contributed by atoms with Gasteiger partial charge in [-0.3, -0.25) is 4.79 Å². The number of nitrogens with zero attached hydrogens (tertiary/aromatic N) is 1. The normalized spacial score (nSPS) is 14.0. The van der Waals surface area contributed by atoms with Crippen molar-refractivity contribution in [1.29, 1.82) is 0 Å². The molecule has 1 amide bonds. The molecule has 2 aromatic carbocycles. The van der Waals surface area contributed by atoms with Crippen molar-refractivity contribution in [3.8, 4) is 0 Å². The lowest BCUT2D eigenvalue weighted by Crippen LogP contribution is -2.33. The van der Waals surface area contributed by atoms with Crippen molar-refractivity contribution in [2.75, 3.05) is 0 Å². The van der Waals surface area contributed by atoms with Gasteiger partial charge in [-0.2, -0.15) is 0 Å². The Morgan fingerprint density at radius 1 is 1.19 bits per heavy atom. The van der Waals surface area contributed by atoms with Crippen molar-refractivity contribution in [3.63, 3.8) is 0 Å². The fourth-order valence-electron chi connectivity index (χ4n) is 2.51. The van der Waals surface area contributed by atoms with E-state index in [0.717, 1.165) is 28.4 Å². The fourth-order valence-corrected chi connectivity index (χ4v) is 2.87. The molecule has 0 aliphatic heterocycles. The second-order valence-corrected chi connectivity index (χ2v) is 6.52. The van der Waals surface area contributed by atoms with Crippen molar-refractivity contribution in [1.82, 2.24) is 4.90 Å². The summed E-state index contributed by atoms with van der Waals surface area (Å²) < 4.78 is 0.951. The van der Waals surface area contributed by atoms with E-state index in [1.165, 1.54) is 5.56 Å². The Hall–Kier alpha value is -1.61. The summed E-state index contributed by atoms with van der Waals surface area (Å²) in [5.74, 6) is 0.139. The summed E-state index contributed by atoms with van der Waals surface area (Å²) in [5, 5.41) is 0. The number of hydrogen-bond acceptors (Lipinski definition) is 1. The number of benzene rings is 2. The zero-order valence-electron chi connectivity index (χ0n) is 12.1. The fraction of sp³-hybridized carbons (Fsp3) is 0.278. The highest BCUT2D eigenvalue weighted by Crippen LogP contribution is 2.31. The van der Waals surface area contributed by atoms with E-state index in [1.54, 1.807) is 0 Å². The van der Waals surface area contributed by atoms with Crippen LogP contribution in [0.5, 0.6) is 0 Å². The topological polar surface area (TPSA) is 20.3 Å². The van der Waals surface area contributed by atoms with Crippen LogP contribution in [0, 0.1) is 6.92 Å². The van der Waals surface area contributed by atoms with E-state index in [4.69, 9.17) is 0 Å². The van der Waals surface area contributed by atoms with Gasteiger partial charge in [0, 0.05) is 22.6 Å². The molecule has 0 N–H and O–H groups in total. The summed E-state index contributed by atoms with van der Waals surface area (Å²) in [6.45, 7) is 2.68. The van der Waals surface area contributed by atoms with Crippen LogP contribution in [0.2, 0.25) is 0 Å². The molecular formula is C18H18BrNO. The Bertz CT molecular complexity index is 650. The molecule has 0 radical (unpaired) electrons. The van der Waals surface area contributed by atoms with E-state index in [2.05, 4.69) is 28.1 Å². The van der Waals surface area contributed by atoms with Crippen LogP contribution >= 0.6 is 15.9 Å². The molecule has 0 atom stereocenters. The monoisotopic (exact) mass is 343 g/mol. The predicted molar refractivity (Wildman–Crippen MR) is 88.2 cm³/mol. The molecule has 2 nitrogen and oxygen atoms in total. The van der Waals surface area contributed by atoms with Gasteiger partial charge in [0.2, 0.25) is 0 Å². The molecule has 1 aliphatic rings. The lowest BCUT2D eigenvalue weighted by atomic mass is 10.1. The largest absolute Gasteiger partial charge is 0.331 e. The molecule has 21 heavy (non-hydrogen) atoms. The van der Waals surface area contributed by atoms with Crippen molar-refractivity contribution in [2.24, 2.45) is 0 Å². The van der Waals surface area contributed by atoms with E-state index in [0.29, 0.717) is 12.6 Å². The first kappa shape index (κ1) is 14.3. The number of carbonyl (C=O) groups excluding carboxylic acids is 1. The lowest BCUT2D eigenvalue weighted by molar-refractivity contribution is 0.0729. The van der Waals surface area contributed by atoms with E-state index in [9.17, 15) is 4.79 Å². The van der Waals surface area contributed by atoms with Gasteiger partial charge in [0.25, 0.3) is 5.91 Å². The number of rotatable bonds is 4. The zero-order chi connectivity index (χ0) is 14.8. The van der Waals surface area contributed by atoms with Crippen LogP contribution in [0.4, 0.5) is 0 Å². The molecule has 3 rings (SSSR count). The molecule has 1 aliphatic carbocycles. The maximum atomic E-state index is 12.9. The van der Waals surface area contributed by atoms with Gasteiger partial charge in [0.1, 0.15) is 0 Å². The average Bonchev–Trinajstić information content (AvgIpc) is 3.32. The lowest BCUT2D eigenvalue weighted by Gasteiger charge is -2.23. The van der Waals surface area contributed by atoms with Gasteiger partial charge in [-0.15, -0.1) is 0 Å². The van der Waals surface area contributed by atoms with Crippen LogP contribution in [0.25, 0.3) is 0 Å². The first-order valence-electron chi connectivity index (χ1n) is 7.26.